The van der Waals surface area contributed by atoms with Crippen LogP contribution < -0.4 is 14.8 Å². The standard InChI is InChI=1S/C20H26N2O3/c1-15(2)22(14-16-8-6-5-7-9-16)20(23)13-21-18-12-17(24-3)10-11-19(18)25-4/h5-12,15,21H,13-14H2,1-4H3. The van der Waals surface area contributed by atoms with Gasteiger partial charge in [0, 0.05) is 18.7 Å². The smallest absolute Gasteiger partial charge is 0.242 e. The third kappa shape index (κ3) is 5.14. The summed E-state index contributed by atoms with van der Waals surface area (Å²) in [6.07, 6.45) is 0. The van der Waals surface area contributed by atoms with Gasteiger partial charge < -0.3 is 19.7 Å². The second kappa shape index (κ2) is 8.97. The number of rotatable bonds is 8. The molecule has 0 bridgehead atoms. The average molecular weight is 342 g/mol. The summed E-state index contributed by atoms with van der Waals surface area (Å²) in [5, 5.41) is 3.16. The molecule has 1 N–H and O–H groups in total. The Labute approximate surface area is 149 Å². The van der Waals surface area contributed by atoms with E-state index in [0.717, 1.165) is 11.3 Å². The Morgan fingerprint density at radius 1 is 1.08 bits per heavy atom. The summed E-state index contributed by atoms with van der Waals surface area (Å²) < 4.78 is 10.6. The third-order valence-corrected chi connectivity index (χ3v) is 3.98. The molecule has 0 aliphatic carbocycles. The summed E-state index contributed by atoms with van der Waals surface area (Å²) >= 11 is 0. The van der Waals surface area contributed by atoms with E-state index in [-0.39, 0.29) is 18.5 Å². The van der Waals surface area contributed by atoms with Crippen LogP contribution in [0.2, 0.25) is 0 Å². The molecule has 5 heteroatoms. The van der Waals surface area contributed by atoms with Crippen LogP contribution in [0, 0.1) is 0 Å². The van der Waals surface area contributed by atoms with Crippen molar-refractivity contribution in [2.45, 2.75) is 26.4 Å². The molecule has 0 fully saturated rings. The minimum Gasteiger partial charge on any atom is -0.497 e. The van der Waals surface area contributed by atoms with Gasteiger partial charge in [0.2, 0.25) is 5.91 Å². The quantitative estimate of drug-likeness (QED) is 0.797. The van der Waals surface area contributed by atoms with E-state index >= 15 is 0 Å². The van der Waals surface area contributed by atoms with Crippen LogP contribution in [0.4, 0.5) is 5.69 Å². The predicted molar refractivity (Wildman–Crippen MR) is 100 cm³/mol. The lowest BCUT2D eigenvalue weighted by atomic mass is 10.2. The molecular formula is C20H26N2O3. The van der Waals surface area contributed by atoms with Gasteiger partial charge >= 0.3 is 0 Å². The van der Waals surface area contributed by atoms with Crippen molar-refractivity contribution < 1.29 is 14.3 Å². The molecule has 0 aromatic heterocycles. The number of amides is 1. The predicted octanol–water partition coefficient (Wildman–Crippen LogP) is 3.55. The number of benzene rings is 2. The number of hydrogen-bond acceptors (Lipinski definition) is 4. The van der Waals surface area contributed by atoms with Crippen molar-refractivity contribution in [3.05, 3.63) is 54.1 Å². The zero-order valence-electron chi connectivity index (χ0n) is 15.3. The van der Waals surface area contributed by atoms with Crippen LogP contribution in [0.25, 0.3) is 0 Å². The SMILES string of the molecule is COc1ccc(OC)c(NCC(=O)N(Cc2ccccc2)C(C)C)c1. The van der Waals surface area contributed by atoms with Crippen molar-refractivity contribution in [3.8, 4) is 11.5 Å². The molecule has 0 aliphatic heterocycles. The molecule has 1 amide bonds. The van der Waals surface area contributed by atoms with Gasteiger partial charge in [0.15, 0.2) is 0 Å². The molecular weight excluding hydrogens is 316 g/mol. The summed E-state index contributed by atoms with van der Waals surface area (Å²) in [6.45, 7) is 4.82. The summed E-state index contributed by atoms with van der Waals surface area (Å²) in [7, 11) is 3.21. The van der Waals surface area contributed by atoms with Gasteiger partial charge in [-0.1, -0.05) is 30.3 Å². The molecule has 0 radical (unpaired) electrons. The zero-order chi connectivity index (χ0) is 18.2. The minimum absolute atomic E-state index is 0.0312. The highest BCUT2D eigenvalue weighted by molar-refractivity contribution is 5.82. The summed E-state index contributed by atoms with van der Waals surface area (Å²) in [5.41, 5.74) is 1.85. The van der Waals surface area contributed by atoms with Crippen LogP contribution in [0.5, 0.6) is 11.5 Å². The van der Waals surface area contributed by atoms with Crippen molar-refractivity contribution in [2.75, 3.05) is 26.1 Å². The van der Waals surface area contributed by atoms with E-state index in [9.17, 15) is 4.79 Å². The van der Waals surface area contributed by atoms with E-state index in [0.29, 0.717) is 18.0 Å². The van der Waals surface area contributed by atoms with Gasteiger partial charge in [-0.3, -0.25) is 4.79 Å². The lowest BCUT2D eigenvalue weighted by Crippen LogP contribution is -2.39. The third-order valence-electron chi connectivity index (χ3n) is 3.98. The average Bonchev–Trinajstić information content (AvgIpc) is 2.64. The van der Waals surface area contributed by atoms with Crippen LogP contribution in [-0.4, -0.2) is 37.6 Å². The van der Waals surface area contributed by atoms with Crippen molar-refractivity contribution in [1.82, 2.24) is 4.90 Å². The first-order valence-corrected chi connectivity index (χ1v) is 8.34. The van der Waals surface area contributed by atoms with Gasteiger partial charge in [-0.05, 0) is 31.5 Å². The van der Waals surface area contributed by atoms with Crippen molar-refractivity contribution >= 4 is 11.6 Å². The fourth-order valence-corrected chi connectivity index (χ4v) is 2.56. The first kappa shape index (κ1) is 18.6. The van der Waals surface area contributed by atoms with Crippen LogP contribution in [-0.2, 0) is 11.3 Å². The van der Waals surface area contributed by atoms with Crippen LogP contribution in [0.1, 0.15) is 19.4 Å². The van der Waals surface area contributed by atoms with E-state index in [1.54, 1.807) is 14.2 Å². The molecule has 0 unspecified atom stereocenters. The molecule has 0 atom stereocenters. The molecule has 5 nitrogen and oxygen atoms in total. The summed E-state index contributed by atoms with van der Waals surface area (Å²) in [6, 6.07) is 15.6. The molecule has 2 aromatic rings. The summed E-state index contributed by atoms with van der Waals surface area (Å²) in [4.78, 5) is 14.6. The number of ether oxygens (including phenoxy) is 2. The number of hydrogen-bond donors (Lipinski definition) is 1. The molecule has 0 saturated heterocycles. The van der Waals surface area contributed by atoms with Crippen LogP contribution >= 0.6 is 0 Å². The summed E-state index contributed by atoms with van der Waals surface area (Å²) in [5.74, 6) is 1.41. The lowest BCUT2D eigenvalue weighted by molar-refractivity contribution is -0.131. The highest BCUT2D eigenvalue weighted by Gasteiger charge is 2.17. The van der Waals surface area contributed by atoms with Gasteiger partial charge in [-0.25, -0.2) is 0 Å². The zero-order valence-corrected chi connectivity index (χ0v) is 15.3. The largest absolute Gasteiger partial charge is 0.497 e. The second-order valence-electron chi connectivity index (χ2n) is 6.02. The van der Waals surface area contributed by atoms with Gasteiger partial charge in [-0.15, -0.1) is 0 Å². The van der Waals surface area contributed by atoms with Crippen molar-refractivity contribution in [1.29, 1.82) is 0 Å². The Hall–Kier alpha value is -2.69. The number of nitrogens with one attached hydrogen (secondary N) is 1. The molecule has 0 heterocycles. The first-order chi connectivity index (χ1) is 12.0. The fourth-order valence-electron chi connectivity index (χ4n) is 2.56. The maximum Gasteiger partial charge on any atom is 0.242 e. The molecule has 25 heavy (non-hydrogen) atoms. The van der Waals surface area contributed by atoms with Gasteiger partial charge in [0.05, 0.1) is 26.5 Å². The van der Waals surface area contributed by atoms with E-state index < -0.39 is 0 Å². The van der Waals surface area contributed by atoms with Crippen molar-refractivity contribution in [3.63, 3.8) is 0 Å². The Bertz CT molecular complexity index is 687. The van der Waals surface area contributed by atoms with E-state index in [1.165, 1.54) is 0 Å². The van der Waals surface area contributed by atoms with Gasteiger partial charge in [-0.2, -0.15) is 0 Å². The minimum atomic E-state index is 0.0312. The van der Waals surface area contributed by atoms with Gasteiger partial charge in [0.25, 0.3) is 0 Å². The Morgan fingerprint density at radius 2 is 1.80 bits per heavy atom. The lowest BCUT2D eigenvalue weighted by Gasteiger charge is -2.27. The number of anilines is 1. The molecule has 2 aromatic carbocycles. The number of carbonyl (C=O) groups excluding carboxylic acids is 1. The Kier molecular flexibility index (Phi) is 6.69. The van der Waals surface area contributed by atoms with Gasteiger partial charge in [0.1, 0.15) is 11.5 Å². The van der Waals surface area contributed by atoms with E-state index in [1.807, 2.05) is 67.3 Å². The number of carbonyl (C=O) groups is 1. The van der Waals surface area contributed by atoms with Crippen LogP contribution in [0.3, 0.4) is 0 Å². The first-order valence-electron chi connectivity index (χ1n) is 8.34. The fraction of sp³-hybridized carbons (Fsp3) is 0.350. The Balaban J connectivity index is 2.06. The molecule has 0 saturated carbocycles. The molecule has 134 valence electrons. The topological polar surface area (TPSA) is 50.8 Å². The normalized spacial score (nSPS) is 10.4. The molecule has 2 rings (SSSR count). The monoisotopic (exact) mass is 342 g/mol. The molecule has 0 spiro atoms. The highest BCUT2D eigenvalue weighted by atomic mass is 16.5. The maximum absolute atomic E-state index is 12.7. The second-order valence-corrected chi connectivity index (χ2v) is 6.02. The van der Waals surface area contributed by atoms with E-state index in [2.05, 4.69) is 5.32 Å². The number of nitrogens with zero attached hydrogens (tertiary/aromatic N) is 1. The number of methoxy groups -OCH3 is 2. The van der Waals surface area contributed by atoms with Crippen molar-refractivity contribution in [2.24, 2.45) is 0 Å². The Morgan fingerprint density at radius 3 is 2.40 bits per heavy atom. The maximum atomic E-state index is 12.7. The van der Waals surface area contributed by atoms with E-state index in [4.69, 9.17) is 9.47 Å². The highest BCUT2D eigenvalue weighted by Crippen LogP contribution is 2.28. The van der Waals surface area contributed by atoms with Crippen LogP contribution in [0.15, 0.2) is 48.5 Å². The molecule has 0 aliphatic rings.